The van der Waals surface area contributed by atoms with Crippen molar-refractivity contribution in [1.82, 2.24) is 0 Å². The number of hydrogen-bond donors (Lipinski definition) is 1. The number of aryl methyl sites for hydroxylation is 1. The highest BCUT2D eigenvalue weighted by Gasteiger charge is 2.34. The van der Waals surface area contributed by atoms with Crippen LogP contribution in [0.3, 0.4) is 0 Å². The lowest BCUT2D eigenvalue weighted by molar-refractivity contribution is -0.117. The number of para-hydroxylation sites is 1. The van der Waals surface area contributed by atoms with Gasteiger partial charge < -0.3 is 20.3 Å². The number of fused-ring (bicyclic) bond motifs is 2. The molecule has 26 heavy (non-hydrogen) atoms. The highest BCUT2D eigenvalue weighted by molar-refractivity contribution is 5.97. The molecule has 4 rings (SSSR count). The molecule has 2 aromatic rings. The van der Waals surface area contributed by atoms with E-state index in [2.05, 4.69) is 11.0 Å². The van der Waals surface area contributed by atoms with Gasteiger partial charge in [-0.15, -0.1) is 0 Å². The van der Waals surface area contributed by atoms with Crippen LogP contribution in [0, 0.1) is 0 Å². The van der Waals surface area contributed by atoms with Gasteiger partial charge in [0.1, 0.15) is 11.4 Å². The van der Waals surface area contributed by atoms with Gasteiger partial charge in [-0.3, -0.25) is 4.79 Å². The van der Waals surface area contributed by atoms with Crippen LogP contribution in [-0.4, -0.2) is 31.1 Å². The maximum absolute atomic E-state index is 13.1. The fourth-order valence-corrected chi connectivity index (χ4v) is 3.93. The number of benzene rings is 2. The van der Waals surface area contributed by atoms with Crippen molar-refractivity contribution in [3.63, 3.8) is 0 Å². The van der Waals surface area contributed by atoms with Gasteiger partial charge in [0, 0.05) is 24.0 Å². The molecule has 0 aromatic heterocycles. The van der Waals surface area contributed by atoms with Crippen LogP contribution in [0.25, 0.3) is 0 Å². The van der Waals surface area contributed by atoms with Crippen molar-refractivity contribution in [2.24, 2.45) is 0 Å². The normalized spacial score (nSPS) is 17.9. The Hall–Kier alpha value is -2.69. The topological polar surface area (TPSA) is 58.8 Å². The fraction of sp³-hybridized carbons (Fsp3) is 0.381. The Kier molecular flexibility index (Phi) is 4.02. The van der Waals surface area contributed by atoms with Crippen LogP contribution < -0.4 is 20.3 Å². The largest absolute Gasteiger partial charge is 0.484 e. The molecule has 1 amide bonds. The zero-order chi connectivity index (χ0) is 18.3. The molecule has 2 N–H and O–H groups in total. The van der Waals surface area contributed by atoms with Crippen molar-refractivity contribution >= 4 is 23.0 Å². The molecule has 0 fully saturated rings. The Labute approximate surface area is 154 Å². The summed E-state index contributed by atoms with van der Waals surface area (Å²) in [6.07, 6.45) is 2.04. The number of amides is 1. The first-order valence-corrected chi connectivity index (χ1v) is 9.15. The highest BCUT2D eigenvalue weighted by Crippen LogP contribution is 2.38. The van der Waals surface area contributed by atoms with Gasteiger partial charge >= 0.3 is 0 Å². The van der Waals surface area contributed by atoms with Crippen LogP contribution in [0.5, 0.6) is 5.75 Å². The molecule has 2 aromatic carbocycles. The van der Waals surface area contributed by atoms with Gasteiger partial charge in [-0.2, -0.15) is 0 Å². The molecule has 5 nitrogen and oxygen atoms in total. The number of nitrogens with two attached hydrogens (primary N) is 1. The average molecular weight is 351 g/mol. The van der Waals surface area contributed by atoms with E-state index in [-0.39, 0.29) is 11.5 Å². The predicted octanol–water partition coefficient (Wildman–Crippen LogP) is 3.23. The molecular weight excluding hydrogens is 326 g/mol. The van der Waals surface area contributed by atoms with Crippen LogP contribution in [0.4, 0.5) is 17.1 Å². The predicted molar refractivity (Wildman–Crippen MR) is 105 cm³/mol. The molecule has 2 heterocycles. The number of carbonyl (C=O) groups is 1. The zero-order valence-corrected chi connectivity index (χ0v) is 15.4. The van der Waals surface area contributed by atoms with E-state index in [1.165, 1.54) is 5.56 Å². The summed E-state index contributed by atoms with van der Waals surface area (Å²) in [6, 6.07) is 13.8. The maximum Gasteiger partial charge on any atom is 0.246 e. The number of hydrogen-bond acceptors (Lipinski definition) is 4. The number of rotatable bonds is 2. The first-order valence-electron chi connectivity index (χ1n) is 9.15. The molecule has 0 spiro atoms. The fourth-order valence-electron chi connectivity index (χ4n) is 3.93. The molecule has 0 aliphatic carbocycles. The first kappa shape index (κ1) is 16.8. The Morgan fingerprint density at radius 1 is 1.19 bits per heavy atom. The van der Waals surface area contributed by atoms with E-state index < -0.39 is 0 Å². The number of nitrogen functional groups attached to an aromatic ring is 1. The summed E-state index contributed by atoms with van der Waals surface area (Å²) in [4.78, 5) is 17.2. The number of anilines is 3. The minimum Gasteiger partial charge on any atom is -0.484 e. The highest BCUT2D eigenvalue weighted by atomic mass is 16.5. The van der Waals surface area contributed by atoms with Crippen molar-refractivity contribution in [2.45, 2.75) is 32.3 Å². The summed E-state index contributed by atoms with van der Waals surface area (Å²) in [7, 11) is 0. The van der Waals surface area contributed by atoms with Gasteiger partial charge in [0.25, 0.3) is 0 Å². The van der Waals surface area contributed by atoms with E-state index in [0.717, 1.165) is 36.5 Å². The molecule has 0 unspecified atom stereocenters. The van der Waals surface area contributed by atoms with E-state index in [9.17, 15) is 4.79 Å². The summed E-state index contributed by atoms with van der Waals surface area (Å²) in [5, 5.41) is 0. The second-order valence-electron chi connectivity index (χ2n) is 7.72. The Morgan fingerprint density at radius 3 is 2.85 bits per heavy atom. The third-order valence-electron chi connectivity index (χ3n) is 5.02. The van der Waals surface area contributed by atoms with Crippen molar-refractivity contribution in [3.8, 4) is 5.75 Å². The monoisotopic (exact) mass is 351 g/mol. The Balaban J connectivity index is 1.61. The molecule has 0 saturated carbocycles. The van der Waals surface area contributed by atoms with Crippen molar-refractivity contribution in [2.75, 3.05) is 35.2 Å². The molecule has 136 valence electrons. The minimum absolute atomic E-state index is 0.123. The van der Waals surface area contributed by atoms with Crippen LogP contribution >= 0.6 is 0 Å². The lowest BCUT2D eigenvalue weighted by atomic mass is 10.0. The SMILES string of the molecule is CC1(C)CN(CC(=O)N2CCCc3ccccc32)c2ccc(N)cc2O1. The van der Waals surface area contributed by atoms with Crippen LogP contribution in [0.15, 0.2) is 42.5 Å². The van der Waals surface area contributed by atoms with Gasteiger partial charge in [0.05, 0.1) is 18.8 Å². The second-order valence-corrected chi connectivity index (χ2v) is 7.72. The quantitative estimate of drug-likeness (QED) is 0.844. The number of nitrogens with zero attached hydrogens (tertiary/aromatic N) is 2. The molecule has 0 saturated heterocycles. The second kappa shape index (κ2) is 6.24. The van der Waals surface area contributed by atoms with E-state index >= 15 is 0 Å². The lowest BCUT2D eigenvalue weighted by Crippen LogP contribution is -2.51. The maximum atomic E-state index is 13.1. The average Bonchev–Trinajstić information content (AvgIpc) is 2.59. The van der Waals surface area contributed by atoms with Gasteiger partial charge in [0.2, 0.25) is 5.91 Å². The summed E-state index contributed by atoms with van der Waals surface area (Å²) in [5.74, 6) is 0.866. The molecular formula is C21H25N3O2. The van der Waals surface area contributed by atoms with Crippen LogP contribution in [-0.2, 0) is 11.2 Å². The van der Waals surface area contributed by atoms with Gasteiger partial charge in [0.15, 0.2) is 0 Å². The summed E-state index contributed by atoms with van der Waals surface area (Å²) < 4.78 is 6.07. The van der Waals surface area contributed by atoms with Gasteiger partial charge in [-0.1, -0.05) is 18.2 Å². The number of carbonyl (C=O) groups excluding carboxylic acids is 1. The van der Waals surface area contributed by atoms with E-state index in [1.807, 2.05) is 55.1 Å². The summed E-state index contributed by atoms with van der Waals surface area (Å²) in [6.45, 7) is 5.83. The smallest absolute Gasteiger partial charge is 0.246 e. The Morgan fingerprint density at radius 2 is 2.00 bits per heavy atom. The molecule has 2 aliphatic heterocycles. The van der Waals surface area contributed by atoms with E-state index in [4.69, 9.17) is 10.5 Å². The van der Waals surface area contributed by atoms with Crippen molar-refractivity contribution in [1.29, 1.82) is 0 Å². The van der Waals surface area contributed by atoms with E-state index in [1.54, 1.807) is 0 Å². The zero-order valence-electron chi connectivity index (χ0n) is 15.4. The standard InChI is InChI=1S/C21H25N3O2/c1-21(2)14-23(18-10-9-16(22)12-19(18)26-21)13-20(25)24-11-5-7-15-6-3-4-8-17(15)24/h3-4,6,8-10,12H,5,7,11,13-14,22H2,1-2H3. The first-order chi connectivity index (χ1) is 12.4. The minimum atomic E-state index is -0.374. The van der Waals surface area contributed by atoms with Crippen LogP contribution in [0.1, 0.15) is 25.8 Å². The van der Waals surface area contributed by atoms with Crippen molar-refractivity contribution in [3.05, 3.63) is 48.0 Å². The molecule has 0 bridgehead atoms. The summed E-state index contributed by atoms with van der Waals surface area (Å²) >= 11 is 0. The lowest BCUT2D eigenvalue weighted by Gasteiger charge is -2.41. The van der Waals surface area contributed by atoms with Crippen LogP contribution in [0.2, 0.25) is 0 Å². The number of ether oxygens (including phenoxy) is 1. The Bertz CT molecular complexity index is 847. The molecule has 0 radical (unpaired) electrons. The third-order valence-corrected chi connectivity index (χ3v) is 5.02. The molecule has 5 heteroatoms. The molecule has 0 atom stereocenters. The van der Waals surface area contributed by atoms with Gasteiger partial charge in [-0.25, -0.2) is 0 Å². The van der Waals surface area contributed by atoms with Gasteiger partial charge in [-0.05, 0) is 50.5 Å². The third kappa shape index (κ3) is 3.09. The molecule has 2 aliphatic rings. The summed E-state index contributed by atoms with van der Waals surface area (Å²) in [5.41, 5.74) is 9.43. The van der Waals surface area contributed by atoms with Crippen molar-refractivity contribution < 1.29 is 9.53 Å². The van der Waals surface area contributed by atoms with E-state index in [0.29, 0.717) is 18.8 Å².